The number of fused-ring (bicyclic) bond motifs is 1. The first-order valence-electron chi connectivity index (χ1n) is 8.21. The van der Waals surface area contributed by atoms with Crippen LogP contribution in [-0.2, 0) is 9.53 Å². The van der Waals surface area contributed by atoms with Crippen molar-refractivity contribution < 1.29 is 23.5 Å². The predicted molar refractivity (Wildman–Crippen MR) is 101 cm³/mol. The number of carbonyl (C=O) groups is 2. The van der Waals surface area contributed by atoms with Crippen LogP contribution < -0.4 is 10.1 Å². The highest BCUT2D eigenvalue weighted by Gasteiger charge is 2.22. The van der Waals surface area contributed by atoms with Gasteiger partial charge in [-0.15, -0.1) is 0 Å². The molecule has 3 aromatic rings. The van der Waals surface area contributed by atoms with Crippen LogP contribution in [0.3, 0.4) is 0 Å². The van der Waals surface area contributed by atoms with Gasteiger partial charge in [-0.05, 0) is 42.0 Å². The number of esters is 1. The van der Waals surface area contributed by atoms with Gasteiger partial charge in [-0.2, -0.15) is 0 Å². The number of ether oxygens (including phenoxy) is 2. The molecule has 0 aliphatic rings. The number of carbonyl (C=O) groups excluding carboxylic acids is 2. The summed E-state index contributed by atoms with van der Waals surface area (Å²) in [7, 11) is 2.87. The van der Waals surface area contributed by atoms with Gasteiger partial charge in [0.05, 0.1) is 26.7 Å². The molecule has 27 heavy (non-hydrogen) atoms. The zero-order chi connectivity index (χ0) is 19.4. The van der Waals surface area contributed by atoms with E-state index in [1.54, 1.807) is 55.6 Å². The second kappa shape index (κ2) is 8.14. The van der Waals surface area contributed by atoms with Crippen molar-refractivity contribution in [2.45, 2.75) is 12.5 Å². The van der Waals surface area contributed by atoms with Gasteiger partial charge in [0, 0.05) is 10.4 Å². The molecule has 6 nitrogen and oxygen atoms in total. The number of methoxy groups -OCH3 is 2. The lowest BCUT2D eigenvalue weighted by Gasteiger charge is -2.18. The maximum Gasteiger partial charge on any atom is 0.307 e. The Morgan fingerprint density at radius 1 is 1.11 bits per heavy atom. The van der Waals surface area contributed by atoms with Crippen molar-refractivity contribution in [2.75, 3.05) is 14.2 Å². The standard InChI is InChI=1S/C20H18ClNO5/c1-25-15-6-3-12(4-7-15)16(11-19(23)26-2)22-20(24)18-10-13-9-14(21)5-8-17(13)27-18/h3-10,16H,11H2,1-2H3,(H,22,24). The Hall–Kier alpha value is -2.99. The van der Waals surface area contributed by atoms with Gasteiger partial charge in [0.15, 0.2) is 5.76 Å². The predicted octanol–water partition coefficient (Wildman–Crippen LogP) is 4.13. The Labute approximate surface area is 161 Å². The largest absolute Gasteiger partial charge is 0.497 e. The third-order valence-corrected chi connectivity index (χ3v) is 4.36. The fourth-order valence-corrected chi connectivity index (χ4v) is 2.87. The molecule has 1 aromatic heterocycles. The number of rotatable bonds is 6. The highest BCUT2D eigenvalue weighted by molar-refractivity contribution is 6.31. The second-order valence-corrected chi connectivity index (χ2v) is 6.31. The molecule has 0 aliphatic carbocycles. The third kappa shape index (κ3) is 4.41. The summed E-state index contributed by atoms with van der Waals surface area (Å²) in [6, 6.07) is 13.2. The third-order valence-electron chi connectivity index (χ3n) is 4.12. The molecule has 1 N–H and O–H groups in total. The topological polar surface area (TPSA) is 77.8 Å². The molecular weight excluding hydrogens is 370 g/mol. The Bertz CT molecular complexity index is 964. The van der Waals surface area contributed by atoms with Crippen LogP contribution in [-0.4, -0.2) is 26.1 Å². The van der Waals surface area contributed by atoms with Crippen LogP contribution in [0.15, 0.2) is 52.9 Å². The zero-order valence-electron chi connectivity index (χ0n) is 14.8. The van der Waals surface area contributed by atoms with Gasteiger partial charge in [-0.1, -0.05) is 23.7 Å². The number of nitrogens with one attached hydrogen (secondary N) is 1. The van der Waals surface area contributed by atoms with E-state index in [1.807, 2.05) is 0 Å². The molecule has 1 atom stereocenters. The molecule has 1 amide bonds. The number of benzene rings is 2. The van der Waals surface area contributed by atoms with Crippen LogP contribution in [0, 0.1) is 0 Å². The first-order valence-corrected chi connectivity index (χ1v) is 8.58. The average Bonchev–Trinajstić information content (AvgIpc) is 3.10. The minimum atomic E-state index is -0.576. The van der Waals surface area contributed by atoms with E-state index in [9.17, 15) is 9.59 Å². The molecule has 140 valence electrons. The van der Waals surface area contributed by atoms with Crippen LogP contribution >= 0.6 is 11.6 Å². The Balaban J connectivity index is 1.84. The summed E-state index contributed by atoms with van der Waals surface area (Å²) in [5, 5.41) is 4.10. The van der Waals surface area contributed by atoms with Crippen molar-refractivity contribution in [3.63, 3.8) is 0 Å². The van der Waals surface area contributed by atoms with Gasteiger partial charge in [0.2, 0.25) is 0 Å². The summed E-state index contributed by atoms with van der Waals surface area (Å²) in [4.78, 5) is 24.4. The number of furan rings is 1. The van der Waals surface area contributed by atoms with Crippen molar-refractivity contribution in [3.05, 3.63) is 64.9 Å². The molecule has 1 unspecified atom stereocenters. The zero-order valence-corrected chi connectivity index (χ0v) is 15.6. The molecule has 0 radical (unpaired) electrons. The maximum absolute atomic E-state index is 12.7. The quantitative estimate of drug-likeness (QED) is 0.643. The summed E-state index contributed by atoms with van der Waals surface area (Å²) in [6.45, 7) is 0. The normalized spacial score (nSPS) is 11.8. The van der Waals surface area contributed by atoms with Crippen molar-refractivity contribution >= 4 is 34.4 Å². The Morgan fingerprint density at radius 2 is 1.85 bits per heavy atom. The van der Waals surface area contributed by atoms with E-state index in [1.165, 1.54) is 7.11 Å². The fraction of sp³-hybridized carbons (Fsp3) is 0.200. The van der Waals surface area contributed by atoms with Crippen molar-refractivity contribution in [2.24, 2.45) is 0 Å². The molecule has 2 aromatic carbocycles. The highest BCUT2D eigenvalue weighted by Crippen LogP contribution is 2.25. The van der Waals surface area contributed by atoms with E-state index in [0.717, 1.165) is 10.9 Å². The summed E-state index contributed by atoms with van der Waals surface area (Å²) < 4.78 is 15.5. The second-order valence-electron chi connectivity index (χ2n) is 5.87. The van der Waals surface area contributed by atoms with Gasteiger partial charge >= 0.3 is 5.97 Å². The molecular formula is C20H18ClNO5. The average molecular weight is 388 g/mol. The summed E-state index contributed by atoms with van der Waals surface area (Å²) in [6.07, 6.45) is -0.0133. The molecule has 7 heteroatoms. The summed E-state index contributed by atoms with van der Waals surface area (Å²) >= 11 is 5.97. The van der Waals surface area contributed by atoms with Crippen LogP contribution in [0.1, 0.15) is 28.6 Å². The van der Waals surface area contributed by atoms with Gasteiger partial charge in [-0.3, -0.25) is 9.59 Å². The molecule has 0 saturated carbocycles. The van der Waals surface area contributed by atoms with E-state index in [-0.39, 0.29) is 12.2 Å². The molecule has 1 heterocycles. The SMILES string of the molecule is COC(=O)CC(NC(=O)c1cc2cc(Cl)ccc2o1)c1ccc(OC)cc1. The lowest BCUT2D eigenvalue weighted by molar-refractivity contribution is -0.141. The first kappa shape index (κ1) is 18.8. The molecule has 0 saturated heterocycles. The minimum Gasteiger partial charge on any atom is -0.497 e. The number of amides is 1. The van der Waals surface area contributed by atoms with E-state index in [4.69, 9.17) is 25.5 Å². The van der Waals surface area contributed by atoms with E-state index >= 15 is 0 Å². The van der Waals surface area contributed by atoms with Crippen molar-refractivity contribution in [1.29, 1.82) is 0 Å². The number of hydrogen-bond acceptors (Lipinski definition) is 5. The van der Waals surface area contributed by atoms with Gasteiger partial charge < -0.3 is 19.2 Å². The van der Waals surface area contributed by atoms with Gasteiger partial charge in [-0.25, -0.2) is 0 Å². The summed E-state index contributed by atoms with van der Waals surface area (Å²) in [5.74, 6) is -0.0637. The molecule has 0 spiro atoms. The maximum atomic E-state index is 12.7. The van der Waals surface area contributed by atoms with Crippen LogP contribution in [0.25, 0.3) is 11.0 Å². The number of halogens is 1. The molecule has 3 rings (SSSR count). The van der Waals surface area contributed by atoms with E-state index < -0.39 is 17.9 Å². The van der Waals surface area contributed by atoms with Crippen LogP contribution in [0.2, 0.25) is 5.02 Å². The van der Waals surface area contributed by atoms with E-state index in [2.05, 4.69) is 5.32 Å². The van der Waals surface area contributed by atoms with E-state index in [0.29, 0.717) is 16.4 Å². The Morgan fingerprint density at radius 3 is 2.52 bits per heavy atom. The first-order chi connectivity index (χ1) is 13.0. The smallest absolute Gasteiger partial charge is 0.307 e. The van der Waals surface area contributed by atoms with Gasteiger partial charge in [0.1, 0.15) is 11.3 Å². The Kier molecular flexibility index (Phi) is 5.66. The van der Waals surface area contributed by atoms with Gasteiger partial charge in [0.25, 0.3) is 5.91 Å². The lowest BCUT2D eigenvalue weighted by Crippen LogP contribution is -2.30. The monoisotopic (exact) mass is 387 g/mol. The van der Waals surface area contributed by atoms with Crippen LogP contribution in [0.5, 0.6) is 5.75 Å². The summed E-state index contributed by atoms with van der Waals surface area (Å²) in [5.41, 5.74) is 1.30. The lowest BCUT2D eigenvalue weighted by atomic mass is 10.0. The van der Waals surface area contributed by atoms with Crippen molar-refractivity contribution in [1.82, 2.24) is 5.32 Å². The molecule has 0 bridgehead atoms. The molecule has 0 aliphatic heterocycles. The molecule has 0 fully saturated rings. The van der Waals surface area contributed by atoms with Crippen molar-refractivity contribution in [3.8, 4) is 5.75 Å². The highest BCUT2D eigenvalue weighted by atomic mass is 35.5. The number of hydrogen-bond donors (Lipinski definition) is 1. The van der Waals surface area contributed by atoms with Crippen LogP contribution in [0.4, 0.5) is 0 Å². The minimum absolute atomic E-state index is 0.0133. The fourth-order valence-electron chi connectivity index (χ4n) is 2.69.